The molecule has 1 aromatic heterocycles. The van der Waals surface area contributed by atoms with Gasteiger partial charge < -0.3 is 19.7 Å². The van der Waals surface area contributed by atoms with Gasteiger partial charge in [-0.1, -0.05) is 18.9 Å². The molecule has 1 aliphatic heterocycles. The Morgan fingerprint density at radius 2 is 2.35 bits per heavy atom. The van der Waals surface area contributed by atoms with Crippen LogP contribution in [0, 0.1) is 5.92 Å². The van der Waals surface area contributed by atoms with Crippen LogP contribution in [0.3, 0.4) is 0 Å². The molecule has 1 fully saturated rings. The number of aromatic nitrogens is 2. The summed E-state index contributed by atoms with van der Waals surface area (Å²) in [5.41, 5.74) is 0. The van der Waals surface area contributed by atoms with Crippen molar-refractivity contribution in [3.8, 4) is 0 Å². The summed E-state index contributed by atoms with van der Waals surface area (Å²) in [7, 11) is 0. The third-order valence-corrected chi connectivity index (χ3v) is 3.30. The number of hydrogen-bond acceptors (Lipinski definition) is 6. The zero-order valence-electron chi connectivity index (χ0n) is 10.4. The van der Waals surface area contributed by atoms with Gasteiger partial charge in [-0.05, 0) is 18.9 Å². The summed E-state index contributed by atoms with van der Waals surface area (Å²) in [5, 5.41) is 20.5. The van der Waals surface area contributed by atoms with Crippen molar-refractivity contribution in [1.82, 2.24) is 15.5 Å². The van der Waals surface area contributed by atoms with Gasteiger partial charge in [0, 0.05) is 6.54 Å². The Morgan fingerprint density at radius 1 is 1.53 bits per heavy atom. The lowest BCUT2D eigenvalue weighted by atomic mass is 10.0. The zero-order chi connectivity index (χ0) is 12.3. The van der Waals surface area contributed by atoms with E-state index in [4.69, 9.17) is 4.42 Å². The first-order valence-corrected chi connectivity index (χ1v) is 6.16. The predicted octanol–water partition coefficient (Wildman–Crippen LogP) is 0.386. The predicted molar refractivity (Wildman–Crippen MR) is 63.7 cm³/mol. The standard InChI is InChI=1S/C11H20N4O2/c1-3-12-6-10-13-14-11(17-10)15-5-4-8(2)9(15)7-16/h8-9,12,16H,3-7H2,1-2H3. The van der Waals surface area contributed by atoms with Crippen molar-refractivity contribution in [1.29, 1.82) is 0 Å². The maximum absolute atomic E-state index is 9.37. The maximum atomic E-state index is 9.37. The van der Waals surface area contributed by atoms with Crippen LogP contribution in [0.4, 0.5) is 6.01 Å². The second kappa shape index (κ2) is 5.46. The molecule has 17 heavy (non-hydrogen) atoms. The van der Waals surface area contributed by atoms with Gasteiger partial charge in [0.25, 0.3) is 0 Å². The quantitative estimate of drug-likeness (QED) is 0.775. The molecule has 0 spiro atoms. The van der Waals surface area contributed by atoms with Gasteiger partial charge in [-0.2, -0.15) is 0 Å². The fraction of sp³-hybridized carbons (Fsp3) is 0.818. The Balaban J connectivity index is 2.04. The molecule has 0 radical (unpaired) electrons. The van der Waals surface area contributed by atoms with Crippen LogP contribution in [0.15, 0.2) is 4.42 Å². The Hall–Kier alpha value is -1.14. The van der Waals surface area contributed by atoms with Crippen LogP contribution in [0.2, 0.25) is 0 Å². The highest BCUT2D eigenvalue weighted by atomic mass is 16.4. The summed E-state index contributed by atoms with van der Waals surface area (Å²) in [6, 6.07) is 0.628. The molecule has 2 rings (SSSR count). The van der Waals surface area contributed by atoms with Crippen LogP contribution in [0.1, 0.15) is 26.2 Å². The Kier molecular flexibility index (Phi) is 3.96. The molecule has 6 heteroatoms. The van der Waals surface area contributed by atoms with Crippen LogP contribution in [-0.2, 0) is 6.54 Å². The number of rotatable bonds is 5. The van der Waals surface area contributed by atoms with E-state index in [9.17, 15) is 5.11 Å². The summed E-state index contributed by atoms with van der Waals surface area (Å²) in [6.45, 7) is 6.63. The van der Waals surface area contributed by atoms with Gasteiger partial charge in [-0.15, -0.1) is 5.10 Å². The van der Waals surface area contributed by atoms with Crippen molar-refractivity contribution < 1.29 is 9.52 Å². The number of hydrogen-bond donors (Lipinski definition) is 2. The van der Waals surface area contributed by atoms with Crippen LogP contribution in [0.25, 0.3) is 0 Å². The van der Waals surface area contributed by atoms with E-state index in [1.807, 2.05) is 11.8 Å². The van der Waals surface area contributed by atoms with Crippen molar-refractivity contribution in [2.24, 2.45) is 5.92 Å². The lowest BCUT2D eigenvalue weighted by molar-refractivity contribution is 0.241. The van der Waals surface area contributed by atoms with E-state index in [0.29, 0.717) is 24.4 Å². The first-order valence-electron chi connectivity index (χ1n) is 6.16. The molecule has 2 N–H and O–H groups in total. The van der Waals surface area contributed by atoms with Crippen molar-refractivity contribution in [3.05, 3.63) is 5.89 Å². The largest absolute Gasteiger partial charge is 0.407 e. The summed E-state index contributed by atoms with van der Waals surface area (Å²) < 4.78 is 5.58. The highest BCUT2D eigenvalue weighted by Crippen LogP contribution is 2.28. The fourth-order valence-electron chi connectivity index (χ4n) is 2.19. The van der Waals surface area contributed by atoms with Crippen LogP contribution in [-0.4, -0.2) is 41.0 Å². The molecule has 0 amide bonds. The summed E-state index contributed by atoms with van der Waals surface area (Å²) in [4.78, 5) is 2.01. The highest BCUT2D eigenvalue weighted by molar-refractivity contribution is 5.29. The Morgan fingerprint density at radius 3 is 3.06 bits per heavy atom. The minimum atomic E-state index is 0.0995. The van der Waals surface area contributed by atoms with Crippen LogP contribution >= 0.6 is 0 Å². The molecule has 6 nitrogen and oxygen atoms in total. The second-order valence-corrected chi connectivity index (χ2v) is 4.47. The van der Waals surface area contributed by atoms with Crippen molar-refractivity contribution in [3.63, 3.8) is 0 Å². The minimum absolute atomic E-state index is 0.0995. The van der Waals surface area contributed by atoms with E-state index in [0.717, 1.165) is 19.5 Å². The molecule has 0 saturated carbocycles. The minimum Gasteiger partial charge on any atom is -0.407 e. The number of aliphatic hydroxyl groups excluding tert-OH is 1. The number of aliphatic hydroxyl groups is 1. The molecule has 0 bridgehead atoms. The molecule has 1 saturated heterocycles. The van der Waals surface area contributed by atoms with E-state index >= 15 is 0 Å². The molecule has 1 aliphatic rings. The number of nitrogens with one attached hydrogen (secondary N) is 1. The fourth-order valence-corrected chi connectivity index (χ4v) is 2.19. The molecular formula is C11H20N4O2. The zero-order valence-corrected chi connectivity index (χ0v) is 10.4. The molecule has 0 aromatic carbocycles. The lowest BCUT2D eigenvalue weighted by Gasteiger charge is -2.22. The van der Waals surface area contributed by atoms with Crippen LogP contribution < -0.4 is 10.2 Å². The number of anilines is 1. The number of nitrogens with zero attached hydrogens (tertiary/aromatic N) is 3. The average Bonchev–Trinajstić information content (AvgIpc) is 2.92. The third-order valence-electron chi connectivity index (χ3n) is 3.30. The smallest absolute Gasteiger partial charge is 0.318 e. The van der Waals surface area contributed by atoms with Gasteiger partial charge in [0.2, 0.25) is 5.89 Å². The van der Waals surface area contributed by atoms with Gasteiger partial charge in [0.05, 0.1) is 19.2 Å². The molecule has 96 valence electrons. The summed E-state index contributed by atoms with van der Waals surface area (Å²) in [5.74, 6) is 1.06. The highest BCUT2D eigenvalue weighted by Gasteiger charge is 2.33. The van der Waals surface area contributed by atoms with E-state index < -0.39 is 0 Å². The van der Waals surface area contributed by atoms with Gasteiger partial charge in [0.1, 0.15) is 0 Å². The van der Waals surface area contributed by atoms with Crippen molar-refractivity contribution in [2.75, 3.05) is 24.6 Å². The van der Waals surface area contributed by atoms with Gasteiger partial charge in [0.15, 0.2) is 0 Å². The SMILES string of the molecule is CCNCc1nnc(N2CCC(C)C2CO)o1. The lowest BCUT2D eigenvalue weighted by Crippen LogP contribution is -2.35. The molecule has 1 aromatic rings. The van der Waals surface area contributed by atoms with E-state index in [1.54, 1.807) is 0 Å². The van der Waals surface area contributed by atoms with Gasteiger partial charge in [-0.3, -0.25) is 0 Å². The molecule has 0 aliphatic carbocycles. The first-order chi connectivity index (χ1) is 8.26. The molecular weight excluding hydrogens is 220 g/mol. The summed E-state index contributed by atoms with van der Waals surface area (Å²) >= 11 is 0. The molecule has 2 unspecified atom stereocenters. The van der Waals surface area contributed by atoms with E-state index in [-0.39, 0.29) is 12.6 Å². The Labute approximate surface area is 101 Å². The normalized spacial score (nSPS) is 24.5. The van der Waals surface area contributed by atoms with E-state index in [1.165, 1.54) is 0 Å². The maximum Gasteiger partial charge on any atom is 0.318 e. The monoisotopic (exact) mass is 240 g/mol. The van der Waals surface area contributed by atoms with Crippen molar-refractivity contribution >= 4 is 6.01 Å². The topological polar surface area (TPSA) is 74.4 Å². The summed E-state index contributed by atoms with van der Waals surface area (Å²) in [6.07, 6.45) is 1.05. The molecule has 2 heterocycles. The first kappa shape index (κ1) is 12.3. The van der Waals surface area contributed by atoms with E-state index in [2.05, 4.69) is 22.4 Å². The van der Waals surface area contributed by atoms with Crippen LogP contribution in [0.5, 0.6) is 0 Å². The average molecular weight is 240 g/mol. The third kappa shape index (κ3) is 2.58. The second-order valence-electron chi connectivity index (χ2n) is 4.47. The Bertz CT molecular complexity index is 355. The van der Waals surface area contributed by atoms with Gasteiger partial charge in [-0.25, -0.2) is 0 Å². The van der Waals surface area contributed by atoms with Gasteiger partial charge >= 0.3 is 6.01 Å². The molecule has 2 atom stereocenters. The van der Waals surface area contributed by atoms with Crippen molar-refractivity contribution in [2.45, 2.75) is 32.9 Å².